The van der Waals surface area contributed by atoms with Gasteiger partial charge in [0, 0.05) is 17.3 Å². The molecule has 0 aliphatic heterocycles. The third-order valence-corrected chi connectivity index (χ3v) is 4.62. The summed E-state index contributed by atoms with van der Waals surface area (Å²) in [4.78, 5) is 15.8. The smallest absolute Gasteiger partial charge is 0.223 e. The van der Waals surface area contributed by atoms with Crippen LogP contribution in [-0.2, 0) is 11.3 Å². The lowest BCUT2D eigenvalue weighted by molar-refractivity contribution is -0.133. The van der Waals surface area contributed by atoms with Crippen molar-refractivity contribution < 1.29 is 4.79 Å². The number of hydrogen-bond donors (Lipinski definition) is 0. The molecular weight excluding hydrogens is 242 g/mol. The zero-order chi connectivity index (χ0) is 12.4. The molecule has 96 valence electrons. The summed E-state index contributed by atoms with van der Waals surface area (Å²) < 4.78 is 0. The van der Waals surface area contributed by atoms with Gasteiger partial charge < -0.3 is 4.90 Å². The fourth-order valence-corrected chi connectivity index (χ4v) is 3.29. The summed E-state index contributed by atoms with van der Waals surface area (Å²) in [5.74, 6) is 0.838. The number of hydrogen-bond acceptors (Lipinski definition) is 2. The normalized spacial score (nSPS) is 22.3. The summed E-state index contributed by atoms with van der Waals surface area (Å²) in [5.41, 5.74) is 0. The zero-order valence-electron chi connectivity index (χ0n) is 10.5. The minimum Gasteiger partial charge on any atom is -0.335 e. The predicted molar refractivity (Wildman–Crippen MR) is 74.4 cm³/mol. The molecule has 0 aromatic carbocycles. The Hall–Kier alpha value is -1.09. The van der Waals surface area contributed by atoms with Crippen molar-refractivity contribution in [1.29, 1.82) is 0 Å². The molecule has 18 heavy (non-hydrogen) atoms. The molecule has 0 bridgehead atoms. The highest BCUT2D eigenvalue weighted by Gasteiger charge is 2.33. The minimum absolute atomic E-state index is 0.349. The largest absolute Gasteiger partial charge is 0.335 e. The first-order chi connectivity index (χ1) is 8.83. The topological polar surface area (TPSA) is 20.3 Å². The Kier molecular flexibility index (Phi) is 3.50. The van der Waals surface area contributed by atoms with E-state index in [1.807, 2.05) is 0 Å². The lowest BCUT2D eigenvalue weighted by Gasteiger charge is -2.23. The summed E-state index contributed by atoms with van der Waals surface area (Å²) >= 11 is 1.75. The van der Waals surface area contributed by atoms with Crippen molar-refractivity contribution in [2.24, 2.45) is 5.92 Å². The van der Waals surface area contributed by atoms with E-state index in [-0.39, 0.29) is 0 Å². The van der Waals surface area contributed by atoms with Gasteiger partial charge in [0.1, 0.15) is 0 Å². The number of thiophene rings is 1. The van der Waals surface area contributed by atoms with E-state index in [0.29, 0.717) is 24.3 Å². The molecular formula is C15H19NOS. The average Bonchev–Trinajstić information content (AvgIpc) is 2.87. The van der Waals surface area contributed by atoms with Gasteiger partial charge in [0.05, 0.1) is 6.54 Å². The first kappa shape index (κ1) is 12.0. The Balaban J connectivity index is 1.61. The van der Waals surface area contributed by atoms with Crippen molar-refractivity contribution in [2.75, 3.05) is 0 Å². The molecule has 1 saturated carbocycles. The highest BCUT2D eigenvalue weighted by atomic mass is 32.1. The second-order valence-electron chi connectivity index (χ2n) is 5.30. The Labute approximate surface area is 112 Å². The zero-order valence-corrected chi connectivity index (χ0v) is 11.4. The third kappa shape index (κ3) is 2.83. The maximum absolute atomic E-state index is 12.4. The summed E-state index contributed by atoms with van der Waals surface area (Å²) in [7, 11) is 0. The lowest BCUT2D eigenvalue weighted by Crippen LogP contribution is -2.33. The molecule has 1 fully saturated rings. The SMILES string of the molecule is O=C(C[C@@H]1C=CCC1)N(Cc1cccs1)C1CC1. The Bertz CT molecular complexity index is 433. The lowest BCUT2D eigenvalue weighted by atomic mass is 10.0. The van der Waals surface area contributed by atoms with Crippen LogP contribution in [0, 0.1) is 5.92 Å². The van der Waals surface area contributed by atoms with Crippen molar-refractivity contribution in [3.8, 4) is 0 Å². The summed E-state index contributed by atoms with van der Waals surface area (Å²) in [6.45, 7) is 0.817. The average molecular weight is 261 g/mol. The van der Waals surface area contributed by atoms with Crippen molar-refractivity contribution in [3.63, 3.8) is 0 Å². The van der Waals surface area contributed by atoms with Crippen LogP contribution in [0.4, 0.5) is 0 Å². The minimum atomic E-state index is 0.349. The van der Waals surface area contributed by atoms with Crippen LogP contribution in [0.2, 0.25) is 0 Å². The van der Waals surface area contributed by atoms with E-state index in [4.69, 9.17) is 0 Å². The van der Waals surface area contributed by atoms with Gasteiger partial charge in [0.15, 0.2) is 0 Å². The van der Waals surface area contributed by atoms with E-state index in [2.05, 4.69) is 34.6 Å². The molecule has 0 radical (unpaired) electrons. The number of carbonyl (C=O) groups is 1. The molecule has 0 N–H and O–H groups in total. The molecule has 1 atom stereocenters. The van der Waals surface area contributed by atoms with Crippen molar-refractivity contribution in [1.82, 2.24) is 4.90 Å². The van der Waals surface area contributed by atoms with Crippen LogP contribution in [0.3, 0.4) is 0 Å². The molecule has 2 aliphatic rings. The summed E-state index contributed by atoms with van der Waals surface area (Å²) in [6.07, 6.45) is 9.82. The molecule has 1 heterocycles. The van der Waals surface area contributed by atoms with E-state index >= 15 is 0 Å². The second kappa shape index (κ2) is 5.27. The van der Waals surface area contributed by atoms with Crippen LogP contribution in [0.5, 0.6) is 0 Å². The van der Waals surface area contributed by atoms with Gasteiger partial charge in [-0.1, -0.05) is 18.2 Å². The second-order valence-corrected chi connectivity index (χ2v) is 6.33. The Morgan fingerprint density at radius 2 is 2.28 bits per heavy atom. The highest BCUT2D eigenvalue weighted by molar-refractivity contribution is 7.09. The number of amides is 1. The van der Waals surface area contributed by atoms with Crippen LogP contribution in [-0.4, -0.2) is 16.8 Å². The van der Waals surface area contributed by atoms with Gasteiger partial charge in [0.25, 0.3) is 0 Å². The van der Waals surface area contributed by atoms with Gasteiger partial charge in [-0.15, -0.1) is 11.3 Å². The molecule has 3 rings (SSSR count). The van der Waals surface area contributed by atoms with E-state index < -0.39 is 0 Å². The van der Waals surface area contributed by atoms with Crippen LogP contribution in [0.1, 0.15) is 37.0 Å². The number of rotatable bonds is 5. The molecule has 2 aliphatic carbocycles. The Morgan fingerprint density at radius 1 is 1.39 bits per heavy atom. The van der Waals surface area contributed by atoms with E-state index in [0.717, 1.165) is 19.4 Å². The van der Waals surface area contributed by atoms with Gasteiger partial charge in [0.2, 0.25) is 5.91 Å². The quantitative estimate of drug-likeness (QED) is 0.742. The predicted octanol–water partition coefficient (Wildman–Crippen LogP) is 3.60. The number of nitrogens with zero attached hydrogens (tertiary/aromatic N) is 1. The first-order valence-electron chi connectivity index (χ1n) is 6.81. The standard InChI is InChI=1S/C15H19NOS/c17-15(10-12-4-1-2-5-12)16(13-7-8-13)11-14-6-3-9-18-14/h1,3-4,6,9,12-13H,2,5,7-8,10-11H2/t12-/m1/s1. The fraction of sp³-hybridized carbons (Fsp3) is 0.533. The van der Waals surface area contributed by atoms with Gasteiger partial charge in [-0.05, 0) is 43.0 Å². The van der Waals surface area contributed by atoms with Crippen LogP contribution in [0.15, 0.2) is 29.7 Å². The van der Waals surface area contributed by atoms with Crippen molar-refractivity contribution in [2.45, 2.75) is 44.7 Å². The van der Waals surface area contributed by atoms with E-state index in [1.165, 1.54) is 17.7 Å². The van der Waals surface area contributed by atoms with Gasteiger partial charge in [-0.25, -0.2) is 0 Å². The number of allylic oxidation sites excluding steroid dienone is 2. The maximum atomic E-state index is 12.4. The Morgan fingerprint density at radius 3 is 2.89 bits per heavy atom. The first-order valence-corrected chi connectivity index (χ1v) is 7.69. The summed E-state index contributed by atoms with van der Waals surface area (Å²) in [5, 5.41) is 2.09. The maximum Gasteiger partial charge on any atom is 0.223 e. The summed E-state index contributed by atoms with van der Waals surface area (Å²) in [6, 6.07) is 4.71. The molecule has 2 nitrogen and oxygen atoms in total. The van der Waals surface area contributed by atoms with Crippen LogP contribution in [0.25, 0.3) is 0 Å². The van der Waals surface area contributed by atoms with Crippen molar-refractivity contribution >= 4 is 17.2 Å². The molecule has 1 aromatic rings. The van der Waals surface area contributed by atoms with E-state index in [1.54, 1.807) is 11.3 Å². The van der Waals surface area contributed by atoms with Gasteiger partial charge in [-0.3, -0.25) is 4.79 Å². The van der Waals surface area contributed by atoms with Crippen LogP contribution >= 0.6 is 11.3 Å². The monoisotopic (exact) mass is 261 g/mol. The molecule has 1 aromatic heterocycles. The van der Waals surface area contributed by atoms with Crippen LogP contribution < -0.4 is 0 Å². The number of carbonyl (C=O) groups excluding carboxylic acids is 1. The van der Waals surface area contributed by atoms with Gasteiger partial charge >= 0.3 is 0 Å². The highest BCUT2D eigenvalue weighted by Crippen LogP contribution is 2.31. The molecule has 0 unspecified atom stereocenters. The molecule has 3 heteroatoms. The molecule has 0 saturated heterocycles. The third-order valence-electron chi connectivity index (χ3n) is 3.76. The van der Waals surface area contributed by atoms with Crippen molar-refractivity contribution in [3.05, 3.63) is 34.5 Å². The van der Waals surface area contributed by atoms with E-state index in [9.17, 15) is 4.79 Å². The molecule has 0 spiro atoms. The molecule has 1 amide bonds. The fourth-order valence-electron chi connectivity index (χ4n) is 2.58. The van der Waals surface area contributed by atoms with Gasteiger partial charge in [-0.2, -0.15) is 0 Å².